The second kappa shape index (κ2) is 17.8. The Morgan fingerprint density at radius 1 is 0.774 bits per heavy atom. The van der Waals surface area contributed by atoms with Crippen LogP contribution in [0.5, 0.6) is 17.2 Å². The number of hydrogen-bond donors (Lipinski definition) is 6. The average molecular weight is 768 g/mol. The number of benzene rings is 4. The summed E-state index contributed by atoms with van der Waals surface area (Å²) in [6.45, 7) is 1.70. The summed E-state index contributed by atoms with van der Waals surface area (Å²) >= 11 is 13.3. The lowest BCUT2D eigenvalue weighted by Gasteiger charge is -2.17. The standard InChI is InChI=1S/C38H40Cl2N4O9/c1-21-22(20-53-36-13-35(52-3)24(11-30(36)40)15-42-32(19-46)38(49)50)6-4-7-26(21)27-8-5-9-33-28(27)16-43-44(33)17-25-12-34(51-2)23(10-29(25)39)14-41-31(18-45)37(47)48/h4-13,16,31-32,41-42,45-46H,14-15,17-20H2,1-3H3,(H,47,48)(H,49,50). The van der Waals surface area contributed by atoms with Gasteiger partial charge in [0.1, 0.15) is 35.9 Å². The average Bonchev–Trinajstić information content (AvgIpc) is 3.55. The van der Waals surface area contributed by atoms with Gasteiger partial charge in [-0.15, -0.1) is 0 Å². The first kappa shape index (κ1) is 39.3. The Hall–Kier alpha value is -4.89. The molecule has 0 aliphatic heterocycles. The number of methoxy groups -OCH3 is 2. The minimum atomic E-state index is -1.17. The van der Waals surface area contributed by atoms with Gasteiger partial charge in [0.2, 0.25) is 0 Å². The van der Waals surface area contributed by atoms with Gasteiger partial charge in [0.15, 0.2) is 0 Å². The van der Waals surface area contributed by atoms with Gasteiger partial charge >= 0.3 is 11.9 Å². The fourth-order valence-electron chi connectivity index (χ4n) is 5.94. The van der Waals surface area contributed by atoms with Crippen molar-refractivity contribution in [2.45, 2.75) is 45.2 Å². The lowest BCUT2D eigenvalue weighted by atomic mass is 9.94. The summed E-state index contributed by atoms with van der Waals surface area (Å²) in [5.41, 5.74) is 6.81. The third-order valence-electron chi connectivity index (χ3n) is 8.95. The number of carboxylic acid groups (broad SMARTS) is 2. The molecular weight excluding hydrogens is 727 g/mol. The topological polar surface area (TPSA) is 185 Å². The summed E-state index contributed by atoms with van der Waals surface area (Å²) in [6, 6.07) is 16.5. The molecule has 280 valence electrons. The molecule has 0 spiro atoms. The van der Waals surface area contributed by atoms with Crippen LogP contribution in [0.4, 0.5) is 0 Å². The highest BCUT2D eigenvalue weighted by Gasteiger charge is 2.20. The molecule has 0 radical (unpaired) electrons. The van der Waals surface area contributed by atoms with Crippen molar-refractivity contribution in [3.05, 3.63) is 105 Å². The molecule has 0 aliphatic rings. The molecule has 5 rings (SSSR count). The Balaban J connectivity index is 1.35. The lowest BCUT2D eigenvalue weighted by Crippen LogP contribution is -2.39. The van der Waals surface area contributed by atoms with Crippen LogP contribution < -0.4 is 24.8 Å². The summed E-state index contributed by atoms with van der Waals surface area (Å²) in [7, 11) is 3.02. The summed E-state index contributed by atoms with van der Waals surface area (Å²) in [5, 5.41) is 49.1. The molecule has 53 heavy (non-hydrogen) atoms. The molecule has 0 bridgehead atoms. The largest absolute Gasteiger partial charge is 0.496 e. The zero-order valence-electron chi connectivity index (χ0n) is 29.2. The third-order valence-corrected chi connectivity index (χ3v) is 9.60. The Labute approximate surface area is 315 Å². The molecule has 0 aliphatic carbocycles. The molecule has 2 unspecified atom stereocenters. The van der Waals surface area contributed by atoms with Gasteiger partial charge in [-0.1, -0.05) is 53.5 Å². The fraction of sp³-hybridized carbons (Fsp3) is 0.289. The van der Waals surface area contributed by atoms with Crippen LogP contribution in [0.3, 0.4) is 0 Å². The van der Waals surface area contributed by atoms with E-state index in [0.717, 1.165) is 38.7 Å². The summed E-state index contributed by atoms with van der Waals surface area (Å²) in [5.74, 6) is -0.963. The van der Waals surface area contributed by atoms with Gasteiger partial charge in [0.25, 0.3) is 0 Å². The molecule has 5 aromatic rings. The quantitative estimate of drug-likeness (QED) is 0.0700. The van der Waals surface area contributed by atoms with Gasteiger partial charge < -0.3 is 34.6 Å². The Morgan fingerprint density at radius 2 is 1.36 bits per heavy atom. The van der Waals surface area contributed by atoms with Crippen molar-refractivity contribution in [1.29, 1.82) is 0 Å². The van der Waals surface area contributed by atoms with E-state index in [1.54, 1.807) is 24.3 Å². The summed E-state index contributed by atoms with van der Waals surface area (Å²) in [6.07, 6.45) is 1.82. The van der Waals surface area contributed by atoms with Crippen LogP contribution >= 0.6 is 23.2 Å². The number of carboxylic acids is 2. The van der Waals surface area contributed by atoms with Crippen molar-refractivity contribution < 1.29 is 44.2 Å². The van der Waals surface area contributed by atoms with Crippen LogP contribution in [0, 0.1) is 6.92 Å². The van der Waals surface area contributed by atoms with Gasteiger partial charge in [0.05, 0.1) is 50.7 Å². The van der Waals surface area contributed by atoms with Crippen LogP contribution in [0.2, 0.25) is 10.0 Å². The highest BCUT2D eigenvalue weighted by molar-refractivity contribution is 6.32. The highest BCUT2D eigenvalue weighted by Crippen LogP contribution is 2.36. The van der Waals surface area contributed by atoms with Crippen LogP contribution in [0.1, 0.15) is 27.8 Å². The van der Waals surface area contributed by atoms with Crippen molar-refractivity contribution in [2.24, 2.45) is 0 Å². The van der Waals surface area contributed by atoms with E-state index in [1.807, 2.05) is 54.2 Å². The number of hydrogen-bond acceptors (Lipinski definition) is 10. The van der Waals surface area contributed by atoms with E-state index < -0.39 is 37.2 Å². The molecular formula is C38H40Cl2N4O9. The van der Waals surface area contributed by atoms with Crippen LogP contribution in [-0.2, 0) is 35.8 Å². The molecule has 15 heteroatoms. The maximum atomic E-state index is 11.3. The summed E-state index contributed by atoms with van der Waals surface area (Å²) < 4.78 is 19.1. The number of nitrogens with one attached hydrogen (secondary N) is 2. The van der Waals surface area contributed by atoms with Gasteiger partial charge in [-0.2, -0.15) is 5.10 Å². The Bertz CT molecular complexity index is 2110. The number of aliphatic hydroxyl groups is 2. The first-order valence-corrected chi connectivity index (χ1v) is 17.3. The first-order chi connectivity index (χ1) is 25.5. The van der Waals surface area contributed by atoms with Crippen LogP contribution in [-0.4, -0.2) is 81.7 Å². The van der Waals surface area contributed by atoms with E-state index >= 15 is 0 Å². The number of ether oxygens (including phenoxy) is 3. The Morgan fingerprint density at radius 3 is 1.96 bits per heavy atom. The van der Waals surface area contributed by atoms with Gasteiger partial charge in [-0.05, 0) is 59.0 Å². The van der Waals surface area contributed by atoms with E-state index in [1.165, 1.54) is 14.2 Å². The number of aromatic nitrogens is 2. The van der Waals surface area contributed by atoms with Crippen LogP contribution in [0.15, 0.2) is 66.9 Å². The van der Waals surface area contributed by atoms with Gasteiger partial charge in [0, 0.05) is 40.7 Å². The Kier molecular flexibility index (Phi) is 13.2. The maximum Gasteiger partial charge on any atom is 0.323 e. The number of aliphatic hydroxyl groups excluding tert-OH is 2. The van der Waals surface area contributed by atoms with E-state index in [-0.39, 0.29) is 19.7 Å². The highest BCUT2D eigenvalue weighted by atomic mass is 35.5. The smallest absolute Gasteiger partial charge is 0.323 e. The van der Waals surface area contributed by atoms with Crippen LogP contribution in [0.25, 0.3) is 22.0 Å². The maximum absolute atomic E-state index is 11.3. The molecule has 2 atom stereocenters. The van der Waals surface area contributed by atoms with Crippen molar-refractivity contribution >= 4 is 46.0 Å². The molecule has 4 aromatic carbocycles. The number of fused-ring (bicyclic) bond motifs is 1. The minimum Gasteiger partial charge on any atom is -0.496 e. The zero-order valence-corrected chi connectivity index (χ0v) is 30.7. The number of rotatable bonds is 18. The number of carbonyl (C=O) groups is 2. The summed E-state index contributed by atoms with van der Waals surface area (Å²) in [4.78, 5) is 22.6. The first-order valence-electron chi connectivity index (χ1n) is 16.5. The lowest BCUT2D eigenvalue weighted by molar-refractivity contribution is -0.141. The van der Waals surface area contributed by atoms with E-state index in [9.17, 15) is 30.0 Å². The van der Waals surface area contributed by atoms with Gasteiger partial charge in [-0.25, -0.2) is 0 Å². The monoisotopic (exact) mass is 766 g/mol. The van der Waals surface area contributed by atoms with Gasteiger partial charge in [-0.3, -0.25) is 24.9 Å². The third kappa shape index (κ3) is 9.02. The minimum absolute atomic E-state index is 0.109. The second-order valence-electron chi connectivity index (χ2n) is 12.2. The van der Waals surface area contributed by atoms with Crippen molar-refractivity contribution in [3.63, 3.8) is 0 Å². The van der Waals surface area contributed by atoms with Crippen molar-refractivity contribution in [1.82, 2.24) is 20.4 Å². The van der Waals surface area contributed by atoms with E-state index in [0.29, 0.717) is 45.0 Å². The normalized spacial score (nSPS) is 12.4. The predicted molar refractivity (Wildman–Crippen MR) is 200 cm³/mol. The molecule has 0 amide bonds. The molecule has 13 nitrogen and oxygen atoms in total. The molecule has 0 fully saturated rings. The number of nitrogens with zero attached hydrogens (tertiary/aromatic N) is 2. The molecule has 1 heterocycles. The number of aliphatic carboxylic acids is 2. The molecule has 6 N–H and O–H groups in total. The zero-order chi connectivity index (χ0) is 38.2. The molecule has 0 saturated heterocycles. The van der Waals surface area contributed by atoms with E-state index in [4.69, 9.17) is 42.5 Å². The van der Waals surface area contributed by atoms with Crippen molar-refractivity contribution in [2.75, 3.05) is 27.4 Å². The fourth-order valence-corrected chi connectivity index (χ4v) is 6.43. The van der Waals surface area contributed by atoms with E-state index in [2.05, 4.69) is 10.6 Å². The molecule has 1 aromatic heterocycles. The second-order valence-corrected chi connectivity index (χ2v) is 13.0. The molecule has 0 saturated carbocycles. The number of halogens is 2. The van der Waals surface area contributed by atoms with Crippen molar-refractivity contribution in [3.8, 4) is 28.4 Å². The predicted octanol–water partition coefficient (Wildman–Crippen LogP) is 5.03. The SMILES string of the molecule is COc1cc(Cn2ncc3c(-c4cccc(COc5cc(OC)c(CNC(CO)C(=O)O)cc5Cl)c4C)cccc32)c(Cl)cc1CNC(CO)C(=O)O.